The number of hydrogen-bond acceptors (Lipinski definition) is 5. The molecule has 0 N–H and O–H groups in total. The number of anilines is 1. The fraction of sp³-hybridized carbons (Fsp3) is 0.538. The highest BCUT2D eigenvalue weighted by atomic mass is 19.1. The lowest BCUT2D eigenvalue weighted by atomic mass is 10.2. The Bertz CT molecular complexity index is 434. The quantitative estimate of drug-likeness (QED) is 0.759. The Labute approximate surface area is 112 Å². The molecule has 0 amide bonds. The number of methoxy groups -OCH3 is 1. The van der Waals surface area contributed by atoms with Crippen LogP contribution < -0.4 is 4.90 Å². The number of ether oxygens (including phenoxy) is 1. The molecular weight excluding hydrogens is 249 g/mol. The van der Waals surface area contributed by atoms with Crippen molar-refractivity contribution < 1.29 is 13.9 Å². The Balaban J connectivity index is 1.83. The molecule has 5 nitrogen and oxygen atoms in total. The Morgan fingerprint density at radius 1 is 1.42 bits per heavy atom. The van der Waals surface area contributed by atoms with Gasteiger partial charge < -0.3 is 9.64 Å². The third kappa shape index (κ3) is 3.64. The van der Waals surface area contributed by atoms with Crippen molar-refractivity contribution in [3.05, 3.63) is 24.1 Å². The third-order valence-corrected chi connectivity index (χ3v) is 3.27. The van der Waals surface area contributed by atoms with E-state index in [-0.39, 0.29) is 11.8 Å². The number of piperazine rings is 1. The van der Waals surface area contributed by atoms with Gasteiger partial charge in [-0.25, -0.2) is 9.37 Å². The lowest BCUT2D eigenvalue weighted by Gasteiger charge is -2.35. The first-order chi connectivity index (χ1) is 9.20. The third-order valence-electron chi connectivity index (χ3n) is 3.27. The summed E-state index contributed by atoms with van der Waals surface area (Å²) >= 11 is 0. The number of nitrogens with zero attached hydrogens (tertiary/aromatic N) is 3. The second-order valence-electron chi connectivity index (χ2n) is 4.46. The predicted molar refractivity (Wildman–Crippen MR) is 69.5 cm³/mol. The molecule has 0 bridgehead atoms. The molecular formula is C13H18FN3O2. The Morgan fingerprint density at radius 2 is 2.16 bits per heavy atom. The van der Waals surface area contributed by atoms with Crippen molar-refractivity contribution in [2.24, 2.45) is 0 Å². The van der Waals surface area contributed by atoms with Crippen LogP contribution in [-0.2, 0) is 9.53 Å². The largest absolute Gasteiger partial charge is 0.469 e. The molecule has 19 heavy (non-hydrogen) atoms. The van der Waals surface area contributed by atoms with Gasteiger partial charge in [0.25, 0.3) is 0 Å². The molecule has 0 radical (unpaired) electrons. The summed E-state index contributed by atoms with van der Waals surface area (Å²) in [5.74, 6) is -0.0705. The molecule has 0 aliphatic carbocycles. The molecule has 1 saturated heterocycles. The lowest BCUT2D eigenvalue weighted by Crippen LogP contribution is -2.47. The van der Waals surface area contributed by atoms with Crippen LogP contribution in [0.1, 0.15) is 6.42 Å². The van der Waals surface area contributed by atoms with Gasteiger partial charge in [0.2, 0.25) is 0 Å². The van der Waals surface area contributed by atoms with E-state index in [1.54, 1.807) is 12.3 Å². The van der Waals surface area contributed by atoms with Crippen molar-refractivity contribution in [3.8, 4) is 0 Å². The average Bonchev–Trinajstić information content (AvgIpc) is 2.46. The van der Waals surface area contributed by atoms with E-state index in [2.05, 4.69) is 14.6 Å². The summed E-state index contributed by atoms with van der Waals surface area (Å²) in [5.41, 5.74) is 0. The van der Waals surface area contributed by atoms with Crippen molar-refractivity contribution in [3.63, 3.8) is 0 Å². The highest BCUT2D eigenvalue weighted by molar-refractivity contribution is 5.69. The minimum Gasteiger partial charge on any atom is -0.469 e. The van der Waals surface area contributed by atoms with E-state index in [0.717, 1.165) is 26.2 Å². The van der Waals surface area contributed by atoms with Gasteiger partial charge in [-0.2, -0.15) is 0 Å². The predicted octanol–water partition coefficient (Wildman–Crippen LogP) is 0.906. The number of pyridine rings is 1. The zero-order valence-electron chi connectivity index (χ0n) is 11.0. The smallest absolute Gasteiger partial charge is 0.306 e. The zero-order valence-corrected chi connectivity index (χ0v) is 11.0. The van der Waals surface area contributed by atoms with Gasteiger partial charge in [0.1, 0.15) is 0 Å². The van der Waals surface area contributed by atoms with E-state index >= 15 is 0 Å². The number of aromatic nitrogens is 1. The summed E-state index contributed by atoms with van der Waals surface area (Å²) < 4.78 is 18.2. The number of halogens is 1. The van der Waals surface area contributed by atoms with E-state index in [9.17, 15) is 9.18 Å². The lowest BCUT2D eigenvalue weighted by molar-refractivity contribution is -0.141. The average molecular weight is 267 g/mol. The molecule has 6 heteroatoms. The maximum Gasteiger partial charge on any atom is 0.306 e. The van der Waals surface area contributed by atoms with Gasteiger partial charge in [0.05, 0.1) is 13.5 Å². The molecule has 0 spiro atoms. The SMILES string of the molecule is COC(=O)CCN1CCN(c2ncccc2F)CC1. The highest BCUT2D eigenvalue weighted by Gasteiger charge is 2.20. The van der Waals surface area contributed by atoms with Gasteiger partial charge in [-0.1, -0.05) is 0 Å². The fourth-order valence-corrected chi connectivity index (χ4v) is 2.14. The van der Waals surface area contributed by atoms with Crippen LogP contribution in [0.4, 0.5) is 10.2 Å². The summed E-state index contributed by atoms with van der Waals surface area (Å²) in [4.78, 5) is 19.2. The first kappa shape index (κ1) is 13.7. The molecule has 104 valence electrons. The van der Waals surface area contributed by atoms with Gasteiger partial charge in [0.15, 0.2) is 11.6 Å². The van der Waals surface area contributed by atoms with Crippen molar-refractivity contribution in [1.82, 2.24) is 9.88 Å². The molecule has 0 atom stereocenters. The van der Waals surface area contributed by atoms with Crippen LogP contribution in [0.15, 0.2) is 18.3 Å². The molecule has 0 saturated carbocycles. The van der Waals surface area contributed by atoms with Gasteiger partial charge in [-0.3, -0.25) is 9.69 Å². The topological polar surface area (TPSA) is 45.7 Å². The van der Waals surface area contributed by atoms with Crippen LogP contribution in [0.5, 0.6) is 0 Å². The van der Waals surface area contributed by atoms with Gasteiger partial charge in [-0.05, 0) is 12.1 Å². The van der Waals surface area contributed by atoms with Crippen LogP contribution >= 0.6 is 0 Å². The molecule has 1 aromatic heterocycles. The zero-order chi connectivity index (χ0) is 13.7. The molecule has 0 aromatic carbocycles. The first-order valence-corrected chi connectivity index (χ1v) is 6.35. The van der Waals surface area contributed by atoms with E-state index in [1.165, 1.54) is 13.2 Å². The second-order valence-corrected chi connectivity index (χ2v) is 4.46. The number of carbonyl (C=O) groups is 1. The molecule has 1 aliphatic heterocycles. The molecule has 2 heterocycles. The maximum absolute atomic E-state index is 13.6. The van der Waals surface area contributed by atoms with E-state index in [0.29, 0.717) is 18.8 Å². The van der Waals surface area contributed by atoms with Crippen LogP contribution in [0.3, 0.4) is 0 Å². The number of rotatable bonds is 4. The number of carbonyl (C=O) groups excluding carboxylic acids is 1. The van der Waals surface area contributed by atoms with Crippen molar-refractivity contribution in [2.45, 2.75) is 6.42 Å². The Morgan fingerprint density at radius 3 is 2.79 bits per heavy atom. The molecule has 2 rings (SSSR count). The Kier molecular flexibility index (Phi) is 4.68. The van der Waals surface area contributed by atoms with Crippen LogP contribution in [0.25, 0.3) is 0 Å². The molecule has 1 fully saturated rings. The fourth-order valence-electron chi connectivity index (χ4n) is 2.14. The van der Waals surface area contributed by atoms with Crippen molar-refractivity contribution in [1.29, 1.82) is 0 Å². The minimum atomic E-state index is -0.287. The normalized spacial score (nSPS) is 16.4. The summed E-state index contributed by atoms with van der Waals surface area (Å²) in [6.07, 6.45) is 2.00. The molecule has 0 unspecified atom stereocenters. The van der Waals surface area contributed by atoms with Gasteiger partial charge in [0, 0.05) is 38.9 Å². The highest BCUT2D eigenvalue weighted by Crippen LogP contribution is 2.17. The van der Waals surface area contributed by atoms with Gasteiger partial charge in [-0.15, -0.1) is 0 Å². The summed E-state index contributed by atoms with van der Waals surface area (Å²) in [6, 6.07) is 3.01. The number of esters is 1. The van der Waals surface area contributed by atoms with E-state index in [1.807, 2.05) is 4.90 Å². The Hall–Kier alpha value is -1.69. The van der Waals surface area contributed by atoms with E-state index < -0.39 is 0 Å². The first-order valence-electron chi connectivity index (χ1n) is 6.35. The standard InChI is InChI=1S/C13H18FN3O2/c1-19-12(18)4-6-16-7-9-17(10-8-16)13-11(14)3-2-5-15-13/h2-3,5H,4,6-10H2,1H3. The van der Waals surface area contributed by atoms with Crippen LogP contribution in [0.2, 0.25) is 0 Å². The minimum absolute atomic E-state index is 0.196. The van der Waals surface area contributed by atoms with Crippen molar-refractivity contribution >= 4 is 11.8 Å². The van der Waals surface area contributed by atoms with Crippen LogP contribution in [-0.4, -0.2) is 55.7 Å². The van der Waals surface area contributed by atoms with Crippen molar-refractivity contribution in [2.75, 3.05) is 44.7 Å². The summed E-state index contributed by atoms with van der Waals surface area (Å²) in [6.45, 7) is 3.72. The van der Waals surface area contributed by atoms with Crippen LogP contribution in [0, 0.1) is 5.82 Å². The van der Waals surface area contributed by atoms with E-state index in [4.69, 9.17) is 0 Å². The summed E-state index contributed by atoms with van der Waals surface area (Å²) in [5, 5.41) is 0. The maximum atomic E-state index is 13.6. The molecule has 1 aliphatic rings. The molecule has 1 aromatic rings. The number of hydrogen-bond donors (Lipinski definition) is 0. The monoisotopic (exact) mass is 267 g/mol. The van der Waals surface area contributed by atoms with Gasteiger partial charge >= 0.3 is 5.97 Å². The second kappa shape index (κ2) is 6.47. The summed E-state index contributed by atoms with van der Waals surface area (Å²) in [7, 11) is 1.39.